The quantitative estimate of drug-likeness (QED) is 0.680. The average molecular weight is 227 g/mol. The molecule has 0 aliphatic heterocycles. The highest BCUT2D eigenvalue weighted by Crippen LogP contribution is 2.31. The molecule has 2 heterocycles. The van der Waals surface area contributed by atoms with E-state index in [1.54, 1.807) is 17.4 Å². The molecule has 3 heteroatoms. The molecular formula is C13H9NOS. The van der Waals surface area contributed by atoms with Crippen LogP contribution in [-0.2, 0) is 0 Å². The van der Waals surface area contributed by atoms with Crippen LogP contribution in [-0.4, -0.2) is 4.98 Å². The van der Waals surface area contributed by atoms with E-state index in [0.717, 1.165) is 10.6 Å². The van der Waals surface area contributed by atoms with Crippen LogP contribution < -0.4 is 5.56 Å². The van der Waals surface area contributed by atoms with Gasteiger partial charge in [-0.2, -0.15) is 0 Å². The summed E-state index contributed by atoms with van der Waals surface area (Å²) in [7, 11) is 0. The van der Waals surface area contributed by atoms with E-state index < -0.39 is 0 Å². The Labute approximate surface area is 96.2 Å². The molecule has 0 atom stereocenters. The smallest absolute Gasteiger partial charge is 0.248 e. The van der Waals surface area contributed by atoms with Gasteiger partial charge in [0.25, 0.3) is 0 Å². The molecule has 0 radical (unpaired) electrons. The zero-order chi connectivity index (χ0) is 11.0. The number of aromatic nitrogens is 1. The third-order valence-electron chi connectivity index (χ3n) is 2.46. The Morgan fingerprint density at radius 1 is 1.00 bits per heavy atom. The van der Waals surface area contributed by atoms with E-state index in [0.29, 0.717) is 0 Å². The molecule has 0 spiro atoms. The number of fused-ring (bicyclic) bond motifs is 1. The molecule has 0 saturated heterocycles. The van der Waals surface area contributed by atoms with E-state index in [1.165, 1.54) is 16.2 Å². The average Bonchev–Trinajstić information content (AvgIpc) is 2.72. The number of thiophene rings is 1. The van der Waals surface area contributed by atoms with Gasteiger partial charge >= 0.3 is 0 Å². The van der Waals surface area contributed by atoms with Crippen molar-refractivity contribution in [3.05, 3.63) is 58.9 Å². The zero-order valence-corrected chi connectivity index (χ0v) is 9.25. The zero-order valence-electron chi connectivity index (χ0n) is 8.44. The Morgan fingerprint density at radius 2 is 1.88 bits per heavy atom. The van der Waals surface area contributed by atoms with Gasteiger partial charge in [-0.3, -0.25) is 4.79 Å². The minimum atomic E-state index is -0.0602. The molecule has 3 rings (SSSR count). The van der Waals surface area contributed by atoms with Crippen molar-refractivity contribution in [2.24, 2.45) is 0 Å². The summed E-state index contributed by atoms with van der Waals surface area (Å²) in [4.78, 5) is 15.2. The van der Waals surface area contributed by atoms with Gasteiger partial charge < -0.3 is 4.98 Å². The van der Waals surface area contributed by atoms with Gasteiger partial charge in [-0.1, -0.05) is 24.3 Å². The molecule has 78 valence electrons. The summed E-state index contributed by atoms with van der Waals surface area (Å²) < 4.78 is 1.24. The van der Waals surface area contributed by atoms with Crippen molar-refractivity contribution in [2.45, 2.75) is 0 Å². The fourth-order valence-electron chi connectivity index (χ4n) is 1.71. The predicted octanol–water partition coefficient (Wildman–Crippen LogP) is 3.26. The second-order valence-electron chi connectivity index (χ2n) is 3.58. The lowest BCUT2D eigenvalue weighted by Crippen LogP contribution is -2.02. The SMILES string of the molecule is O=c1cccc(-c2cc3ccccc3s2)[nH]1. The number of pyridine rings is 1. The highest BCUT2D eigenvalue weighted by atomic mass is 32.1. The molecule has 16 heavy (non-hydrogen) atoms. The van der Waals surface area contributed by atoms with Gasteiger partial charge in [0.1, 0.15) is 0 Å². The van der Waals surface area contributed by atoms with Gasteiger partial charge in [0, 0.05) is 10.8 Å². The lowest BCUT2D eigenvalue weighted by molar-refractivity contribution is 1.25. The Balaban J connectivity index is 2.23. The van der Waals surface area contributed by atoms with Gasteiger partial charge in [-0.15, -0.1) is 11.3 Å². The second kappa shape index (κ2) is 3.61. The normalized spacial score (nSPS) is 10.8. The van der Waals surface area contributed by atoms with Gasteiger partial charge in [0.15, 0.2) is 0 Å². The van der Waals surface area contributed by atoms with E-state index in [-0.39, 0.29) is 5.56 Å². The van der Waals surface area contributed by atoms with Crippen molar-refractivity contribution >= 4 is 21.4 Å². The molecule has 1 N–H and O–H groups in total. The first-order valence-corrected chi connectivity index (χ1v) is 5.83. The maximum atomic E-state index is 11.2. The summed E-state index contributed by atoms with van der Waals surface area (Å²) in [6, 6.07) is 15.5. The van der Waals surface area contributed by atoms with Crippen molar-refractivity contribution < 1.29 is 0 Å². The topological polar surface area (TPSA) is 32.9 Å². The second-order valence-corrected chi connectivity index (χ2v) is 4.66. The lowest BCUT2D eigenvalue weighted by Gasteiger charge is -1.94. The van der Waals surface area contributed by atoms with E-state index in [2.05, 4.69) is 23.2 Å². The summed E-state index contributed by atoms with van der Waals surface area (Å²) in [6.07, 6.45) is 0. The molecule has 2 nitrogen and oxygen atoms in total. The molecule has 0 fully saturated rings. The molecule has 0 amide bonds. The third-order valence-corrected chi connectivity index (χ3v) is 3.61. The molecule has 3 aromatic rings. The van der Waals surface area contributed by atoms with Crippen molar-refractivity contribution in [2.75, 3.05) is 0 Å². The van der Waals surface area contributed by atoms with Crippen molar-refractivity contribution in [1.82, 2.24) is 4.98 Å². The number of benzene rings is 1. The molecule has 1 aromatic carbocycles. The molecule has 0 saturated carbocycles. The summed E-state index contributed by atoms with van der Waals surface area (Å²) in [5, 5.41) is 1.22. The first-order chi connectivity index (χ1) is 7.83. The fourth-order valence-corrected chi connectivity index (χ4v) is 2.75. The molecular weight excluding hydrogens is 218 g/mol. The van der Waals surface area contributed by atoms with Crippen LogP contribution in [0.25, 0.3) is 20.7 Å². The molecule has 0 bridgehead atoms. The van der Waals surface area contributed by atoms with Crippen molar-refractivity contribution in [3.8, 4) is 10.6 Å². The van der Waals surface area contributed by atoms with E-state index in [9.17, 15) is 4.79 Å². The van der Waals surface area contributed by atoms with Gasteiger partial charge in [0.05, 0.1) is 10.6 Å². The van der Waals surface area contributed by atoms with Crippen molar-refractivity contribution in [3.63, 3.8) is 0 Å². The van der Waals surface area contributed by atoms with Crippen LogP contribution in [0.1, 0.15) is 0 Å². The first-order valence-electron chi connectivity index (χ1n) is 5.01. The molecule has 2 aromatic heterocycles. The highest BCUT2D eigenvalue weighted by Gasteiger charge is 2.03. The van der Waals surface area contributed by atoms with Crippen LogP contribution in [0.3, 0.4) is 0 Å². The summed E-state index contributed by atoms with van der Waals surface area (Å²) >= 11 is 1.69. The predicted molar refractivity (Wildman–Crippen MR) is 67.9 cm³/mol. The maximum Gasteiger partial charge on any atom is 0.248 e. The van der Waals surface area contributed by atoms with Crippen LogP contribution in [0.5, 0.6) is 0 Å². The van der Waals surface area contributed by atoms with Crippen LogP contribution in [0.4, 0.5) is 0 Å². The number of H-pyrrole nitrogens is 1. The fraction of sp³-hybridized carbons (Fsp3) is 0. The molecule has 0 aliphatic rings. The highest BCUT2D eigenvalue weighted by molar-refractivity contribution is 7.22. The number of hydrogen-bond acceptors (Lipinski definition) is 2. The third kappa shape index (κ3) is 1.55. The Kier molecular flexibility index (Phi) is 2.11. The molecule has 0 unspecified atom stereocenters. The minimum Gasteiger partial charge on any atom is -0.321 e. The maximum absolute atomic E-state index is 11.2. The number of nitrogens with one attached hydrogen (secondary N) is 1. The van der Waals surface area contributed by atoms with Crippen LogP contribution in [0.15, 0.2) is 53.3 Å². The van der Waals surface area contributed by atoms with Gasteiger partial charge in [0.2, 0.25) is 5.56 Å². The van der Waals surface area contributed by atoms with Crippen LogP contribution in [0.2, 0.25) is 0 Å². The summed E-state index contributed by atoms with van der Waals surface area (Å²) in [6.45, 7) is 0. The van der Waals surface area contributed by atoms with Gasteiger partial charge in [-0.25, -0.2) is 0 Å². The first kappa shape index (κ1) is 9.36. The lowest BCUT2D eigenvalue weighted by atomic mass is 10.2. The summed E-state index contributed by atoms with van der Waals surface area (Å²) in [5.41, 5.74) is 0.823. The van der Waals surface area contributed by atoms with E-state index in [4.69, 9.17) is 0 Å². The van der Waals surface area contributed by atoms with E-state index >= 15 is 0 Å². The van der Waals surface area contributed by atoms with Crippen molar-refractivity contribution in [1.29, 1.82) is 0 Å². The Bertz CT molecular complexity index is 663. The number of hydrogen-bond donors (Lipinski definition) is 1. The van der Waals surface area contributed by atoms with Crippen LogP contribution in [0, 0.1) is 0 Å². The summed E-state index contributed by atoms with van der Waals surface area (Å²) in [5.74, 6) is 0. The van der Waals surface area contributed by atoms with Crippen LogP contribution >= 0.6 is 11.3 Å². The number of rotatable bonds is 1. The van der Waals surface area contributed by atoms with Gasteiger partial charge in [-0.05, 0) is 23.6 Å². The monoisotopic (exact) mass is 227 g/mol. The largest absolute Gasteiger partial charge is 0.321 e. The Hall–Kier alpha value is -1.87. The molecule has 0 aliphatic carbocycles. The standard InChI is InChI=1S/C13H9NOS/c15-13-7-3-5-10(14-13)12-8-9-4-1-2-6-11(9)16-12/h1-8H,(H,14,15). The number of aromatic amines is 1. The minimum absolute atomic E-state index is 0.0602. The Morgan fingerprint density at radius 3 is 2.69 bits per heavy atom. The van der Waals surface area contributed by atoms with E-state index in [1.807, 2.05) is 18.2 Å².